The Kier molecular flexibility index (Phi) is 5.12. The highest BCUT2D eigenvalue weighted by molar-refractivity contribution is 5.79. The molecule has 2 rings (SSSR count). The molecule has 0 aliphatic carbocycles. The van der Waals surface area contributed by atoms with Crippen molar-refractivity contribution in [2.45, 2.75) is 32.7 Å². The highest BCUT2D eigenvalue weighted by atomic mass is 19.1. The summed E-state index contributed by atoms with van der Waals surface area (Å²) in [6.07, 6.45) is 1.78. The van der Waals surface area contributed by atoms with Crippen LogP contribution in [0.1, 0.15) is 38.3 Å². The van der Waals surface area contributed by atoms with Crippen LogP contribution in [0.2, 0.25) is 0 Å². The highest BCUT2D eigenvalue weighted by Crippen LogP contribution is 2.23. The van der Waals surface area contributed by atoms with Gasteiger partial charge in [0.05, 0.1) is 6.04 Å². The largest absolute Gasteiger partial charge is 0.349 e. The number of benzene rings is 1. The number of carbonyl (C=O) groups excluding carboxylic acids is 1. The van der Waals surface area contributed by atoms with Gasteiger partial charge in [-0.25, -0.2) is 4.39 Å². The second-order valence-corrected chi connectivity index (χ2v) is 5.81. The fraction of sp³-hybridized carbons (Fsp3) is 0.562. The van der Waals surface area contributed by atoms with Crippen LogP contribution < -0.4 is 10.6 Å². The van der Waals surface area contributed by atoms with E-state index in [-0.39, 0.29) is 29.6 Å². The Morgan fingerprint density at radius 1 is 1.25 bits per heavy atom. The molecule has 110 valence electrons. The molecule has 1 fully saturated rings. The first-order valence-corrected chi connectivity index (χ1v) is 7.34. The fourth-order valence-electron chi connectivity index (χ4n) is 2.66. The summed E-state index contributed by atoms with van der Waals surface area (Å²) in [5.41, 5.74) is 0.962. The van der Waals surface area contributed by atoms with Crippen LogP contribution in [0.15, 0.2) is 24.3 Å². The molecule has 1 atom stereocenters. The van der Waals surface area contributed by atoms with Crippen molar-refractivity contribution in [1.82, 2.24) is 10.6 Å². The van der Waals surface area contributed by atoms with E-state index in [2.05, 4.69) is 24.5 Å². The number of rotatable bonds is 4. The summed E-state index contributed by atoms with van der Waals surface area (Å²) in [7, 11) is 0. The van der Waals surface area contributed by atoms with E-state index < -0.39 is 0 Å². The van der Waals surface area contributed by atoms with Crippen LogP contribution in [-0.4, -0.2) is 19.0 Å². The summed E-state index contributed by atoms with van der Waals surface area (Å²) in [5.74, 6) is 0.236. The number of piperidine rings is 1. The van der Waals surface area contributed by atoms with Crippen LogP contribution in [0.25, 0.3) is 0 Å². The molecule has 1 amide bonds. The Morgan fingerprint density at radius 2 is 1.85 bits per heavy atom. The summed E-state index contributed by atoms with van der Waals surface area (Å²) < 4.78 is 13.0. The zero-order chi connectivity index (χ0) is 14.5. The average Bonchev–Trinajstić information content (AvgIpc) is 2.46. The van der Waals surface area contributed by atoms with Crippen molar-refractivity contribution in [2.75, 3.05) is 13.1 Å². The minimum Gasteiger partial charge on any atom is -0.349 e. The Morgan fingerprint density at radius 3 is 2.40 bits per heavy atom. The molecule has 0 saturated carbocycles. The van der Waals surface area contributed by atoms with Gasteiger partial charge in [0.2, 0.25) is 5.91 Å². The molecule has 1 saturated heterocycles. The summed E-state index contributed by atoms with van der Waals surface area (Å²) >= 11 is 0. The number of halogens is 1. The normalized spacial score (nSPS) is 18.0. The lowest BCUT2D eigenvalue weighted by molar-refractivity contribution is -0.126. The Labute approximate surface area is 120 Å². The van der Waals surface area contributed by atoms with E-state index in [1.54, 1.807) is 12.1 Å². The topological polar surface area (TPSA) is 41.1 Å². The number of carbonyl (C=O) groups is 1. The second kappa shape index (κ2) is 6.84. The molecule has 0 unspecified atom stereocenters. The van der Waals surface area contributed by atoms with Gasteiger partial charge in [-0.1, -0.05) is 26.0 Å². The van der Waals surface area contributed by atoms with E-state index in [4.69, 9.17) is 0 Å². The quantitative estimate of drug-likeness (QED) is 0.889. The lowest BCUT2D eigenvalue weighted by atomic mass is 9.93. The SMILES string of the molecule is CC(C)[C@@H](NC(=O)C1CCNCC1)c1ccc(F)cc1. The molecule has 1 aliphatic rings. The van der Waals surface area contributed by atoms with Crippen molar-refractivity contribution in [2.24, 2.45) is 11.8 Å². The number of amides is 1. The average molecular weight is 278 g/mol. The van der Waals surface area contributed by atoms with Gasteiger partial charge in [0, 0.05) is 5.92 Å². The molecule has 4 heteroatoms. The summed E-state index contributed by atoms with van der Waals surface area (Å²) in [6.45, 7) is 5.94. The summed E-state index contributed by atoms with van der Waals surface area (Å²) in [4.78, 5) is 12.3. The summed E-state index contributed by atoms with van der Waals surface area (Å²) in [6, 6.07) is 6.34. The van der Waals surface area contributed by atoms with E-state index >= 15 is 0 Å². The molecular weight excluding hydrogens is 255 g/mol. The Bertz CT molecular complexity index is 438. The second-order valence-electron chi connectivity index (χ2n) is 5.81. The van der Waals surface area contributed by atoms with Gasteiger partial charge < -0.3 is 10.6 Å². The molecule has 20 heavy (non-hydrogen) atoms. The van der Waals surface area contributed by atoms with Crippen molar-refractivity contribution in [3.05, 3.63) is 35.6 Å². The zero-order valence-electron chi connectivity index (χ0n) is 12.2. The van der Waals surface area contributed by atoms with Gasteiger partial charge in [0.1, 0.15) is 5.82 Å². The van der Waals surface area contributed by atoms with Gasteiger partial charge in [0.25, 0.3) is 0 Å². The molecule has 1 aliphatic heterocycles. The monoisotopic (exact) mass is 278 g/mol. The maximum Gasteiger partial charge on any atom is 0.223 e. The molecule has 1 aromatic carbocycles. The molecule has 2 N–H and O–H groups in total. The first-order chi connectivity index (χ1) is 9.58. The zero-order valence-corrected chi connectivity index (χ0v) is 12.2. The van der Waals surface area contributed by atoms with Crippen LogP contribution in [0, 0.1) is 17.7 Å². The number of hydrogen-bond donors (Lipinski definition) is 2. The lowest BCUT2D eigenvalue weighted by Crippen LogP contribution is -2.40. The van der Waals surface area contributed by atoms with Gasteiger partial charge in [-0.2, -0.15) is 0 Å². The maximum atomic E-state index is 13.0. The third-order valence-electron chi connectivity index (χ3n) is 3.90. The number of nitrogens with one attached hydrogen (secondary N) is 2. The van der Waals surface area contributed by atoms with Gasteiger partial charge >= 0.3 is 0 Å². The van der Waals surface area contributed by atoms with Gasteiger partial charge in [-0.3, -0.25) is 4.79 Å². The van der Waals surface area contributed by atoms with Crippen molar-refractivity contribution in [3.8, 4) is 0 Å². The molecular formula is C16H23FN2O. The molecule has 0 bridgehead atoms. The smallest absolute Gasteiger partial charge is 0.223 e. The predicted octanol–water partition coefficient (Wildman–Crippen LogP) is 2.64. The van der Waals surface area contributed by atoms with Crippen LogP contribution in [0.4, 0.5) is 4.39 Å². The first kappa shape index (κ1) is 15.0. The van der Waals surface area contributed by atoms with E-state index in [0.717, 1.165) is 31.5 Å². The standard InChI is InChI=1S/C16H23FN2O/c1-11(2)15(12-3-5-14(17)6-4-12)19-16(20)13-7-9-18-10-8-13/h3-6,11,13,15,18H,7-10H2,1-2H3,(H,19,20)/t15-/m1/s1. The Hall–Kier alpha value is -1.42. The van der Waals surface area contributed by atoms with E-state index in [1.807, 2.05) is 0 Å². The molecule has 1 heterocycles. The molecule has 0 radical (unpaired) electrons. The summed E-state index contributed by atoms with van der Waals surface area (Å²) in [5, 5.41) is 6.39. The van der Waals surface area contributed by atoms with Crippen molar-refractivity contribution < 1.29 is 9.18 Å². The van der Waals surface area contributed by atoms with Crippen molar-refractivity contribution >= 4 is 5.91 Å². The van der Waals surface area contributed by atoms with Crippen molar-refractivity contribution in [1.29, 1.82) is 0 Å². The van der Waals surface area contributed by atoms with Gasteiger partial charge in [-0.05, 0) is 49.5 Å². The van der Waals surface area contributed by atoms with Crippen molar-refractivity contribution in [3.63, 3.8) is 0 Å². The van der Waals surface area contributed by atoms with Gasteiger partial charge in [0.15, 0.2) is 0 Å². The third kappa shape index (κ3) is 3.79. The van der Waals surface area contributed by atoms with Crippen LogP contribution in [0.3, 0.4) is 0 Å². The minimum atomic E-state index is -0.249. The first-order valence-electron chi connectivity index (χ1n) is 7.34. The number of hydrogen-bond acceptors (Lipinski definition) is 2. The lowest BCUT2D eigenvalue weighted by Gasteiger charge is -2.27. The molecule has 0 spiro atoms. The van der Waals surface area contributed by atoms with Gasteiger partial charge in [-0.15, -0.1) is 0 Å². The third-order valence-corrected chi connectivity index (χ3v) is 3.90. The highest BCUT2D eigenvalue weighted by Gasteiger charge is 2.25. The van der Waals surface area contributed by atoms with E-state index in [9.17, 15) is 9.18 Å². The van der Waals surface area contributed by atoms with Crippen LogP contribution >= 0.6 is 0 Å². The molecule has 0 aromatic heterocycles. The predicted molar refractivity (Wildman–Crippen MR) is 77.7 cm³/mol. The van der Waals surface area contributed by atoms with E-state index in [1.165, 1.54) is 12.1 Å². The molecule has 3 nitrogen and oxygen atoms in total. The minimum absolute atomic E-state index is 0.0574. The molecule has 1 aromatic rings. The van der Waals surface area contributed by atoms with Crippen LogP contribution in [0.5, 0.6) is 0 Å². The van der Waals surface area contributed by atoms with E-state index in [0.29, 0.717) is 0 Å². The Balaban J connectivity index is 2.05. The fourth-order valence-corrected chi connectivity index (χ4v) is 2.66. The van der Waals surface area contributed by atoms with Crippen LogP contribution in [-0.2, 0) is 4.79 Å². The maximum absolute atomic E-state index is 13.0.